The van der Waals surface area contributed by atoms with E-state index in [0.717, 1.165) is 25.2 Å². The zero-order valence-corrected chi connectivity index (χ0v) is 14.9. The number of rotatable bonds is 5. The van der Waals surface area contributed by atoms with Gasteiger partial charge in [-0.25, -0.2) is 0 Å². The van der Waals surface area contributed by atoms with Crippen molar-refractivity contribution in [1.29, 1.82) is 0 Å². The van der Waals surface area contributed by atoms with Crippen molar-refractivity contribution >= 4 is 5.91 Å². The Hall–Kier alpha value is -2.29. The summed E-state index contributed by atoms with van der Waals surface area (Å²) in [5.74, 6) is 0.871. The van der Waals surface area contributed by atoms with Crippen LogP contribution in [0.25, 0.3) is 0 Å². The number of carbonyl (C=O) groups excluding carboxylic acids is 1. The Morgan fingerprint density at radius 1 is 1.08 bits per heavy atom. The van der Waals surface area contributed by atoms with Crippen molar-refractivity contribution < 1.29 is 9.90 Å². The van der Waals surface area contributed by atoms with Gasteiger partial charge in [0, 0.05) is 12.1 Å². The average molecular weight is 337 g/mol. The van der Waals surface area contributed by atoms with E-state index in [2.05, 4.69) is 42.6 Å². The molecule has 2 N–H and O–H groups in total. The van der Waals surface area contributed by atoms with Crippen molar-refractivity contribution in [3.05, 3.63) is 65.7 Å². The Bertz CT molecular complexity index is 686. The number of benzene rings is 2. The van der Waals surface area contributed by atoms with Crippen LogP contribution in [0.1, 0.15) is 48.5 Å². The molecule has 1 saturated carbocycles. The molecule has 3 nitrogen and oxygen atoms in total. The molecular formula is C22H27NO2. The molecular weight excluding hydrogens is 310 g/mol. The van der Waals surface area contributed by atoms with Gasteiger partial charge in [0.15, 0.2) is 0 Å². The first-order chi connectivity index (χ1) is 12.0. The van der Waals surface area contributed by atoms with Gasteiger partial charge in [-0.15, -0.1) is 0 Å². The number of nitrogens with one attached hydrogen (secondary N) is 1. The van der Waals surface area contributed by atoms with Crippen LogP contribution in [-0.4, -0.2) is 17.6 Å². The highest BCUT2D eigenvalue weighted by Gasteiger charge is 2.31. The van der Waals surface area contributed by atoms with E-state index in [4.69, 9.17) is 0 Å². The number of carbonyl (C=O) groups is 1. The third kappa shape index (κ3) is 4.85. The molecule has 25 heavy (non-hydrogen) atoms. The number of phenols is 1. The van der Waals surface area contributed by atoms with Crippen molar-refractivity contribution in [2.75, 3.05) is 6.54 Å². The summed E-state index contributed by atoms with van der Waals surface area (Å²) in [7, 11) is 0. The summed E-state index contributed by atoms with van der Waals surface area (Å²) in [6.07, 6.45) is 5.92. The highest BCUT2D eigenvalue weighted by Crippen LogP contribution is 2.39. The highest BCUT2D eigenvalue weighted by atomic mass is 16.3. The lowest BCUT2D eigenvalue weighted by molar-refractivity contribution is 0.0907. The molecule has 2 aromatic carbocycles. The first-order valence-corrected chi connectivity index (χ1v) is 9.15. The molecule has 0 heterocycles. The monoisotopic (exact) mass is 337 g/mol. The lowest BCUT2D eigenvalue weighted by Gasteiger charge is -2.37. The third-order valence-corrected chi connectivity index (χ3v) is 5.48. The first kappa shape index (κ1) is 17.5. The molecule has 0 spiro atoms. The van der Waals surface area contributed by atoms with E-state index >= 15 is 0 Å². The maximum Gasteiger partial charge on any atom is 0.251 e. The molecule has 2 aromatic rings. The first-order valence-electron chi connectivity index (χ1n) is 9.15. The van der Waals surface area contributed by atoms with E-state index in [1.807, 2.05) is 0 Å². The fraction of sp³-hybridized carbons (Fsp3) is 0.409. The second kappa shape index (κ2) is 7.73. The van der Waals surface area contributed by atoms with Gasteiger partial charge in [-0.3, -0.25) is 4.79 Å². The van der Waals surface area contributed by atoms with Gasteiger partial charge >= 0.3 is 0 Å². The molecule has 0 saturated heterocycles. The van der Waals surface area contributed by atoms with E-state index in [1.165, 1.54) is 18.4 Å². The van der Waals surface area contributed by atoms with Crippen LogP contribution >= 0.6 is 0 Å². The van der Waals surface area contributed by atoms with Crippen molar-refractivity contribution in [3.63, 3.8) is 0 Å². The normalized spacial score (nSPS) is 23.2. The van der Waals surface area contributed by atoms with Crippen molar-refractivity contribution in [1.82, 2.24) is 5.32 Å². The SMILES string of the molecule is CC1(CNC(=O)c2ccc(O)cc2)CCC(Cc2ccccc2)CC1. The van der Waals surface area contributed by atoms with Crippen LogP contribution in [0.3, 0.4) is 0 Å². The third-order valence-electron chi connectivity index (χ3n) is 5.48. The van der Waals surface area contributed by atoms with Gasteiger partial charge in [-0.1, -0.05) is 37.3 Å². The predicted octanol–water partition coefficient (Wildman–Crippen LogP) is 4.56. The van der Waals surface area contributed by atoms with Crippen molar-refractivity contribution in [2.24, 2.45) is 11.3 Å². The van der Waals surface area contributed by atoms with Gasteiger partial charge in [-0.05, 0) is 73.3 Å². The highest BCUT2D eigenvalue weighted by molar-refractivity contribution is 5.94. The number of hydrogen-bond donors (Lipinski definition) is 2. The fourth-order valence-corrected chi connectivity index (χ4v) is 3.71. The van der Waals surface area contributed by atoms with Crippen LogP contribution in [0.4, 0.5) is 0 Å². The number of phenolic OH excluding ortho intramolecular Hbond substituents is 1. The molecule has 0 radical (unpaired) electrons. The summed E-state index contributed by atoms with van der Waals surface area (Å²) in [6, 6.07) is 17.1. The molecule has 1 amide bonds. The van der Waals surface area contributed by atoms with Crippen LogP contribution in [0, 0.1) is 11.3 Å². The molecule has 132 valence electrons. The smallest absolute Gasteiger partial charge is 0.251 e. The number of hydrogen-bond acceptors (Lipinski definition) is 2. The zero-order chi connectivity index (χ0) is 17.7. The van der Waals surface area contributed by atoms with E-state index in [-0.39, 0.29) is 17.1 Å². The Labute approximate surface area is 150 Å². The van der Waals surface area contributed by atoms with Crippen LogP contribution in [0.5, 0.6) is 5.75 Å². The minimum Gasteiger partial charge on any atom is -0.508 e. The standard InChI is InChI=1S/C22H27NO2/c1-22(16-23-21(25)19-7-9-20(24)10-8-19)13-11-18(12-14-22)15-17-5-3-2-4-6-17/h2-10,18,24H,11-16H2,1H3,(H,23,25). The minimum atomic E-state index is -0.0624. The molecule has 0 unspecified atom stereocenters. The van der Waals surface area contributed by atoms with Gasteiger partial charge in [0.1, 0.15) is 5.75 Å². The maximum atomic E-state index is 12.3. The molecule has 3 heteroatoms. The summed E-state index contributed by atoms with van der Waals surface area (Å²) in [6.45, 7) is 2.99. The second-order valence-electron chi connectivity index (χ2n) is 7.67. The lowest BCUT2D eigenvalue weighted by Crippen LogP contribution is -2.38. The molecule has 1 aliphatic rings. The van der Waals surface area contributed by atoms with Gasteiger partial charge < -0.3 is 10.4 Å². The van der Waals surface area contributed by atoms with Crippen LogP contribution in [0.15, 0.2) is 54.6 Å². The van der Waals surface area contributed by atoms with E-state index < -0.39 is 0 Å². The molecule has 3 rings (SSSR count). The summed E-state index contributed by atoms with van der Waals surface area (Å²) in [5, 5.41) is 12.4. The largest absolute Gasteiger partial charge is 0.508 e. The quantitative estimate of drug-likeness (QED) is 0.840. The second-order valence-corrected chi connectivity index (χ2v) is 7.67. The zero-order valence-electron chi connectivity index (χ0n) is 14.9. The summed E-state index contributed by atoms with van der Waals surface area (Å²) >= 11 is 0. The van der Waals surface area contributed by atoms with Crippen LogP contribution in [0.2, 0.25) is 0 Å². The van der Waals surface area contributed by atoms with Crippen LogP contribution in [-0.2, 0) is 6.42 Å². The molecule has 0 bridgehead atoms. The Morgan fingerprint density at radius 2 is 1.72 bits per heavy atom. The summed E-state index contributed by atoms with van der Waals surface area (Å²) < 4.78 is 0. The Kier molecular flexibility index (Phi) is 5.42. The lowest BCUT2D eigenvalue weighted by atomic mass is 9.70. The molecule has 0 aromatic heterocycles. The number of amides is 1. The molecule has 0 atom stereocenters. The van der Waals surface area contributed by atoms with Gasteiger partial charge in [0.05, 0.1) is 0 Å². The van der Waals surface area contributed by atoms with E-state index in [1.54, 1.807) is 24.3 Å². The predicted molar refractivity (Wildman–Crippen MR) is 101 cm³/mol. The van der Waals surface area contributed by atoms with Gasteiger partial charge in [-0.2, -0.15) is 0 Å². The van der Waals surface area contributed by atoms with Gasteiger partial charge in [0.2, 0.25) is 0 Å². The van der Waals surface area contributed by atoms with E-state index in [0.29, 0.717) is 12.1 Å². The van der Waals surface area contributed by atoms with Crippen molar-refractivity contribution in [2.45, 2.75) is 39.0 Å². The molecule has 1 aliphatic carbocycles. The summed E-state index contributed by atoms with van der Waals surface area (Å²) in [4.78, 5) is 12.3. The van der Waals surface area contributed by atoms with Crippen LogP contribution < -0.4 is 5.32 Å². The maximum absolute atomic E-state index is 12.3. The Balaban J connectivity index is 1.47. The van der Waals surface area contributed by atoms with Gasteiger partial charge in [0.25, 0.3) is 5.91 Å². The average Bonchev–Trinajstić information content (AvgIpc) is 2.63. The Morgan fingerprint density at radius 3 is 2.36 bits per heavy atom. The van der Waals surface area contributed by atoms with Crippen molar-refractivity contribution in [3.8, 4) is 5.75 Å². The molecule has 1 fully saturated rings. The topological polar surface area (TPSA) is 49.3 Å². The summed E-state index contributed by atoms with van der Waals surface area (Å²) in [5.41, 5.74) is 2.20. The minimum absolute atomic E-state index is 0.0624. The number of aromatic hydroxyl groups is 1. The fourth-order valence-electron chi connectivity index (χ4n) is 3.71. The molecule has 0 aliphatic heterocycles. The van der Waals surface area contributed by atoms with E-state index in [9.17, 15) is 9.90 Å².